The third-order valence-corrected chi connectivity index (χ3v) is 5.31. The fraction of sp³-hybridized carbons (Fsp3) is 0.182. The van der Waals surface area contributed by atoms with Crippen molar-refractivity contribution in [1.29, 1.82) is 0 Å². The number of nitrogens with one attached hydrogen (secondary N) is 1. The molecule has 0 saturated carbocycles. The number of aromatic amines is 1. The van der Waals surface area contributed by atoms with Gasteiger partial charge in [0.15, 0.2) is 0 Å². The first kappa shape index (κ1) is 16.7. The Labute approximate surface area is 158 Å². The van der Waals surface area contributed by atoms with E-state index in [0.29, 0.717) is 4.77 Å². The second-order valence-corrected chi connectivity index (χ2v) is 7.06. The number of imidazole rings is 1. The van der Waals surface area contributed by atoms with Crippen LogP contribution in [0.1, 0.15) is 23.6 Å². The van der Waals surface area contributed by atoms with E-state index in [4.69, 9.17) is 12.2 Å². The SMILES string of the molecule is CCc1ccc(-c2cnc(=S)n3cc(-c4ccc(C)c(C)c4)[nH]c23)cc1. The van der Waals surface area contributed by atoms with Gasteiger partial charge in [0, 0.05) is 18.0 Å². The van der Waals surface area contributed by atoms with Gasteiger partial charge in [0.05, 0.1) is 5.69 Å². The highest BCUT2D eigenvalue weighted by atomic mass is 32.1. The van der Waals surface area contributed by atoms with E-state index >= 15 is 0 Å². The summed E-state index contributed by atoms with van der Waals surface area (Å²) < 4.78 is 2.52. The van der Waals surface area contributed by atoms with Gasteiger partial charge in [-0.25, -0.2) is 4.98 Å². The van der Waals surface area contributed by atoms with E-state index in [0.717, 1.165) is 34.5 Å². The second kappa shape index (κ2) is 6.54. The van der Waals surface area contributed by atoms with E-state index in [1.165, 1.54) is 16.7 Å². The van der Waals surface area contributed by atoms with Crippen LogP contribution in [-0.4, -0.2) is 14.4 Å². The molecule has 0 radical (unpaired) electrons. The average molecular weight is 359 g/mol. The van der Waals surface area contributed by atoms with Crippen LogP contribution in [-0.2, 0) is 6.42 Å². The molecule has 0 aliphatic carbocycles. The minimum Gasteiger partial charge on any atom is -0.339 e. The summed E-state index contributed by atoms with van der Waals surface area (Å²) in [7, 11) is 0. The molecule has 3 nitrogen and oxygen atoms in total. The van der Waals surface area contributed by atoms with Crippen LogP contribution in [0, 0.1) is 18.6 Å². The number of aromatic nitrogens is 3. The number of hydrogen-bond donors (Lipinski definition) is 1. The van der Waals surface area contributed by atoms with E-state index in [1.54, 1.807) is 0 Å². The first-order valence-corrected chi connectivity index (χ1v) is 9.25. The second-order valence-electron chi connectivity index (χ2n) is 6.69. The maximum absolute atomic E-state index is 5.44. The molecule has 0 aliphatic heterocycles. The van der Waals surface area contributed by atoms with Gasteiger partial charge in [0.2, 0.25) is 4.77 Å². The minimum absolute atomic E-state index is 0.556. The topological polar surface area (TPSA) is 33.1 Å². The molecule has 2 aromatic carbocycles. The van der Waals surface area contributed by atoms with Crippen molar-refractivity contribution in [3.05, 3.63) is 76.3 Å². The summed E-state index contributed by atoms with van der Waals surface area (Å²) in [5.74, 6) is 0. The fourth-order valence-electron chi connectivity index (χ4n) is 3.19. The molecule has 0 amide bonds. The number of aryl methyl sites for hydroxylation is 3. The van der Waals surface area contributed by atoms with Crippen molar-refractivity contribution in [2.75, 3.05) is 0 Å². The molecule has 0 aliphatic rings. The molecule has 4 aromatic rings. The molecular formula is C22H21N3S. The molecule has 0 spiro atoms. The van der Waals surface area contributed by atoms with Gasteiger partial charge in [-0.3, -0.25) is 4.40 Å². The predicted molar refractivity (Wildman–Crippen MR) is 110 cm³/mol. The summed E-state index contributed by atoms with van der Waals surface area (Å²) in [6, 6.07) is 15.1. The maximum atomic E-state index is 5.44. The summed E-state index contributed by atoms with van der Waals surface area (Å²) >= 11 is 5.44. The maximum Gasteiger partial charge on any atom is 0.205 e. The Morgan fingerprint density at radius 2 is 1.73 bits per heavy atom. The van der Waals surface area contributed by atoms with Crippen molar-refractivity contribution in [1.82, 2.24) is 14.4 Å². The van der Waals surface area contributed by atoms with Gasteiger partial charge in [0.25, 0.3) is 0 Å². The molecule has 130 valence electrons. The normalized spacial score (nSPS) is 11.2. The molecule has 1 N–H and O–H groups in total. The highest BCUT2D eigenvalue weighted by molar-refractivity contribution is 7.71. The average Bonchev–Trinajstić information content (AvgIpc) is 3.11. The Morgan fingerprint density at radius 1 is 1.00 bits per heavy atom. The van der Waals surface area contributed by atoms with E-state index in [2.05, 4.69) is 73.2 Å². The zero-order valence-corrected chi connectivity index (χ0v) is 16.0. The molecule has 26 heavy (non-hydrogen) atoms. The standard InChI is InChI=1S/C22H21N3S/c1-4-16-6-9-17(10-7-16)19-12-23-22(26)25-13-20(24-21(19)25)18-8-5-14(2)15(3)11-18/h5-13,24H,4H2,1-3H3. The Hall–Kier alpha value is -2.72. The molecule has 0 saturated heterocycles. The highest BCUT2D eigenvalue weighted by Gasteiger charge is 2.11. The lowest BCUT2D eigenvalue weighted by molar-refractivity contribution is 1.06. The number of benzene rings is 2. The molecule has 2 heterocycles. The summed E-state index contributed by atoms with van der Waals surface area (Å²) in [6.45, 7) is 6.43. The number of hydrogen-bond acceptors (Lipinski definition) is 2. The summed E-state index contributed by atoms with van der Waals surface area (Å²) in [5, 5.41) is 0. The minimum atomic E-state index is 0.556. The Balaban J connectivity index is 1.90. The monoisotopic (exact) mass is 359 g/mol. The summed E-state index contributed by atoms with van der Waals surface area (Å²) in [6.07, 6.45) is 4.94. The number of nitrogens with zero attached hydrogens (tertiary/aromatic N) is 2. The zero-order chi connectivity index (χ0) is 18.3. The largest absolute Gasteiger partial charge is 0.339 e. The van der Waals surface area contributed by atoms with E-state index in [-0.39, 0.29) is 0 Å². The van der Waals surface area contributed by atoms with Crippen molar-refractivity contribution in [3.8, 4) is 22.4 Å². The van der Waals surface area contributed by atoms with Crippen molar-refractivity contribution in [3.63, 3.8) is 0 Å². The van der Waals surface area contributed by atoms with E-state index < -0.39 is 0 Å². The Kier molecular flexibility index (Phi) is 4.21. The highest BCUT2D eigenvalue weighted by Crippen LogP contribution is 2.28. The molecular weight excluding hydrogens is 338 g/mol. The van der Waals surface area contributed by atoms with Gasteiger partial charge in [-0.2, -0.15) is 0 Å². The Bertz CT molecular complexity index is 1150. The fourth-order valence-corrected chi connectivity index (χ4v) is 3.39. The molecule has 4 heteroatoms. The first-order chi connectivity index (χ1) is 12.6. The number of rotatable bonds is 3. The van der Waals surface area contributed by atoms with Crippen LogP contribution in [0.15, 0.2) is 54.9 Å². The zero-order valence-electron chi connectivity index (χ0n) is 15.2. The first-order valence-electron chi connectivity index (χ1n) is 8.84. The van der Waals surface area contributed by atoms with Crippen molar-refractivity contribution >= 4 is 17.9 Å². The van der Waals surface area contributed by atoms with Crippen molar-refractivity contribution in [2.24, 2.45) is 0 Å². The quantitative estimate of drug-likeness (QED) is 0.462. The van der Waals surface area contributed by atoms with Crippen LogP contribution >= 0.6 is 12.2 Å². The van der Waals surface area contributed by atoms with Crippen LogP contribution < -0.4 is 0 Å². The third kappa shape index (κ3) is 2.86. The lowest BCUT2D eigenvalue weighted by Crippen LogP contribution is -1.92. The predicted octanol–water partition coefficient (Wildman–Crippen LogP) is 5.91. The van der Waals surface area contributed by atoms with Crippen molar-refractivity contribution < 1.29 is 0 Å². The number of H-pyrrole nitrogens is 1. The van der Waals surface area contributed by atoms with E-state index in [1.807, 2.05) is 16.8 Å². The molecule has 0 atom stereocenters. The molecule has 0 bridgehead atoms. The van der Waals surface area contributed by atoms with Crippen LogP contribution in [0.25, 0.3) is 28.0 Å². The molecule has 2 aromatic heterocycles. The third-order valence-electron chi connectivity index (χ3n) is 5.01. The summed E-state index contributed by atoms with van der Waals surface area (Å²) in [4.78, 5) is 7.97. The lowest BCUT2D eigenvalue weighted by atomic mass is 10.0. The summed E-state index contributed by atoms with van der Waals surface area (Å²) in [5.41, 5.74) is 9.25. The van der Waals surface area contributed by atoms with Gasteiger partial charge < -0.3 is 4.98 Å². The lowest BCUT2D eigenvalue weighted by Gasteiger charge is -2.05. The van der Waals surface area contributed by atoms with Gasteiger partial charge in [-0.15, -0.1) is 0 Å². The smallest absolute Gasteiger partial charge is 0.205 e. The van der Waals surface area contributed by atoms with Crippen LogP contribution in [0.3, 0.4) is 0 Å². The van der Waals surface area contributed by atoms with Crippen LogP contribution in [0.5, 0.6) is 0 Å². The molecule has 0 unspecified atom stereocenters. The molecule has 0 fully saturated rings. The number of fused-ring (bicyclic) bond motifs is 1. The van der Waals surface area contributed by atoms with E-state index in [9.17, 15) is 0 Å². The van der Waals surface area contributed by atoms with Crippen molar-refractivity contribution in [2.45, 2.75) is 27.2 Å². The van der Waals surface area contributed by atoms with Gasteiger partial charge in [-0.1, -0.05) is 43.3 Å². The van der Waals surface area contributed by atoms with Gasteiger partial charge in [0.1, 0.15) is 5.65 Å². The van der Waals surface area contributed by atoms with Crippen LogP contribution in [0.2, 0.25) is 0 Å². The van der Waals surface area contributed by atoms with Crippen LogP contribution in [0.4, 0.5) is 0 Å². The molecule has 4 rings (SSSR count). The van der Waals surface area contributed by atoms with Gasteiger partial charge >= 0.3 is 0 Å². The Morgan fingerprint density at radius 3 is 2.42 bits per heavy atom. The van der Waals surface area contributed by atoms with Gasteiger partial charge in [-0.05, 0) is 66.4 Å².